The normalized spacial score (nSPS) is 10.3. The number of benzene rings is 2. The van der Waals surface area contributed by atoms with Crippen LogP contribution in [0, 0.1) is 24.0 Å². The van der Waals surface area contributed by atoms with Gasteiger partial charge in [0, 0.05) is 25.2 Å². The predicted octanol–water partition coefficient (Wildman–Crippen LogP) is 3.03. The fourth-order valence-electron chi connectivity index (χ4n) is 2.41. The molecule has 0 unspecified atom stereocenters. The maximum Gasteiger partial charge on any atom is 0.339 e. The standard InChI is InChI=1S/C19H20N2O5/c1-13-7-9-15(10-8-13)11-20(3)18(22)12-26-19(23)16-5-4-6-17(14(16)2)21(24)25/h4-10H,11-12H2,1-3H3. The zero-order valence-corrected chi connectivity index (χ0v) is 14.9. The maximum atomic E-state index is 12.2. The summed E-state index contributed by atoms with van der Waals surface area (Å²) in [5.41, 5.74) is 2.22. The molecule has 0 aliphatic heterocycles. The average molecular weight is 356 g/mol. The van der Waals surface area contributed by atoms with E-state index in [1.165, 1.54) is 30.0 Å². The minimum atomic E-state index is -0.761. The van der Waals surface area contributed by atoms with Gasteiger partial charge in [-0.3, -0.25) is 14.9 Å². The quantitative estimate of drug-likeness (QED) is 0.451. The molecule has 7 nitrogen and oxygen atoms in total. The molecule has 0 aliphatic rings. The largest absolute Gasteiger partial charge is 0.452 e. The molecule has 0 aliphatic carbocycles. The summed E-state index contributed by atoms with van der Waals surface area (Å²) in [4.78, 5) is 36.1. The molecular formula is C19H20N2O5. The number of nitrogens with zero attached hydrogens (tertiary/aromatic N) is 2. The third-order valence-corrected chi connectivity index (χ3v) is 4.01. The molecule has 0 spiro atoms. The first kappa shape index (κ1) is 19.1. The van der Waals surface area contributed by atoms with Crippen molar-refractivity contribution >= 4 is 17.6 Å². The third kappa shape index (κ3) is 4.66. The summed E-state index contributed by atoms with van der Waals surface area (Å²) in [6, 6.07) is 11.9. The van der Waals surface area contributed by atoms with Gasteiger partial charge in [-0.05, 0) is 25.5 Å². The Labute approximate surface area is 151 Å². The molecule has 2 aromatic rings. The number of carbonyl (C=O) groups is 2. The lowest BCUT2D eigenvalue weighted by atomic mass is 10.1. The number of likely N-dealkylation sites (N-methyl/N-ethyl adjacent to an activating group) is 1. The van der Waals surface area contributed by atoms with Gasteiger partial charge < -0.3 is 9.64 Å². The third-order valence-electron chi connectivity index (χ3n) is 4.01. The molecule has 0 heterocycles. The number of nitro groups is 1. The summed E-state index contributed by atoms with van der Waals surface area (Å²) in [6.45, 7) is 3.42. The lowest BCUT2D eigenvalue weighted by Gasteiger charge is -2.17. The molecule has 0 fully saturated rings. The number of ether oxygens (including phenoxy) is 1. The van der Waals surface area contributed by atoms with E-state index in [2.05, 4.69) is 0 Å². The van der Waals surface area contributed by atoms with Crippen molar-refractivity contribution in [2.45, 2.75) is 20.4 Å². The fourth-order valence-corrected chi connectivity index (χ4v) is 2.41. The number of nitro benzene ring substituents is 1. The Kier molecular flexibility index (Phi) is 6.06. The van der Waals surface area contributed by atoms with E-state index >= 15 is 0 Å². The Morgan fingerprint density at radius 2 is 1.77 bits per heavy atom. The smallest absolute Gasteiger partial charge is 0.339 e. The van der Waals surface area contributed by atoms with Crippen molar-refractivity contribution in [3.05, 3.63) is 74.8 Å². The van der Waals surface area contributed by atoms with Gasteiger partial charge in [-0.1, -0.05) is 35.9 Å². The van der Waals surface area contributed by atoms with Crippen LogP contribution in [-0.4, -0.2) is 35.4 Å². The molecule has 0 atom stereocenters. The van der Waals surface area contributed by atoms with E-state index in [0.717, 1.165) is 11.1 Å². The molecule has 0 saturated carbocycles. The minimum Gasteiger partial charge on any atom is -0.452 e. The number of rotatable bonds is 6. The topological polar surface area (TPSA) is 89.8 Å². The average Bonchev–Trinajstić information content (AvgIpc) is 2.61. The number of aryl methyl sites for hydroxylation is 1. The van der Waals surface area contributed by atoms with Gasteiger partial charge in [0.25, 0.3) is 11.6 Å². The number of carbonyl (C=O) groups excluding carboxylic acids is 2. The Balaban J connectivity index is 1.96. The first-order chi connectivity index (χ1) is 12.3. The molecule has 26 heavy (non-hydrogen) atoms. The predicted molar refractivity (Wildman–Crippen MR) is 95.8 cm³/mol. The number of esters is 1. The van der Waals surface area contributed by atoms with Crippen LogP contribution in [0.3, 0.4) is 0 Å². The van der Waals surface area contributed by atoms with E-state index in [-0.39, 0.29) is 22.7 Å². The van der Waals surface area contributed by atoms with Crippen molar-refractivity contribution in [3.63, 3.8) is 0 Å². The van der Waals surface area contributed by atoms with Crippen LogP contribution in [-0.2, 0) is 16.1 Å². The van der Waals surface area contributed by atoms with Crippen molar-refractivity contribution in [2.24, 2.45) is 0 Å². The van der Waals surface area contributed by atoms with Gasteiger partial charge in [0.15, 0.2) is 6.61 Å². The molecule has 0 saturated heterocycles. The highest BCUT2D eigenvalue weighted by Gasteiger charge is 2.20. The molecule has 0 bridgehead atoms. The van der Waals surface area contributed by atoms with E-state index in [0.29, 0.717) is 6.54 Å². The SMILES string of the molecule is Cc1ccc(CN(C)C(=O)COC(=O)c2cccc([N+](=O)[O-])c2C)cc1. The van der Waals surface area contributed by atoms with Gasteiger partial charge in [-0.2, -0.15) is 0 Å². The lowest BCUT2D eigenvalue weighted by molar-refractivity contribution is -0.385. The van der Waals surface area contributed by atoms with Crippen LogP contribution < -0.4 is 0 Å². The van der Waals surface area contributed by atoms with Crippen LogP contribution in [0.25, 0.3) is 0 Å². The summed E-state index contributed by atoms with van der Waals surface area (Å²) in [5, 5.41) is 10.9. The second kappa shape index (κ2) is 8.24. The molecule has 136 valence electrons. The molecule has 0 N–H and O–H groups in total. The van der Waals surface area contributed by atoms with Crippen LogP contribution in [0.4, 0.5) is 5.69 Å². The van der Waals surface area contributed by atoms with Crippen molar-refractivity contribution in [2.75, 3.05) is 13.7 Å². The highest BCUT2D eigenvalue weighted by Crippen LogP contribution is 2.21. The van der Waals surface area contributed by atoms with Crippen molar-refractivity contribution < 1.29 is 19.2 Å². The Hall–Kier alpha value is -3.22. The first-order valence-corrected chi connectivity index (χ1v) is 8.00. The second-order valence-corrected chi connectivity index (χ2v) is 6.02. The van der Waals surface area contributed by atoms with E-state index in [9.17, 15) is 19.7 Å². The highest BCUT2D eigenvalue weighted by atomic mass is 16.6. The fraction of sp³-hybridized carbons (Fsp3) is 0.263. The van der Waals surface area contributed by atoms with E-state index in [1.54, 1.807) is 7.05 Å². The van der Waals surface area contributed by atoms with Gasteiger partial charge in [-0.15, -0.1) is 0 Å². The summed E-state index contributed by atoms with van der Waals surface area (Å²) >= 11 is 0. The van der Waals surface area contributed by atoms with Crippen molar-refractivity contribution in [1.82, 2.24) is 4.90 Å². The Morgan fingerprint density at radius 3 is 2.38 bits per heavy atom. The Morgan fingerprint density at radius 1 is 1.12 bits per heavy atom. The highest BCUT2D eigenvalue weighted by molar-refractivity contribution is 5.93. The Bertz CT molecular complexity index is 830. The van der Waals surface area contributed by atoms with Crippen molar-refractivity contribution in [1.29, 1.82) is 0 Å². The maximum absolute atomic E-state index is 12.2. The molecular weight excluding hydrogens is 336 g/mol. The van der Waals surface area contributed by atoms with Crippen molar-refractivity contribution in [3.8, 4) is 0 Å². The van der Waals surface area contributed by atoms with Crippen LogP contribution in [0.15, 0.2) is 42.5 Å². The van der Waals surface area contributed by atoms with E-state index < -0.39 is 17.5 Å². The van der Waals surface area contributed by atoms with E-state index in [4.69, 9.17) is 4.74 Å². The summed E-state index contributed by atoms with van der Waals surface area (Å²) in [7, 11) is 1.62. The summed E-state index contributed by atoms with van der Waals surface area (Å²) < 4.78 is 5.03. The number of amides is 1. The first-order valence-electron chi connectivity index (χ1n) is 8.00. The van der Waals surface area contributed by atoms with Gasteiger partial charge in [0.1, 0.15) is 0 Å². The zero-order valence-electron chi connectivity index (χ0n) is 14.9. The van der Waals surface area contributed by atoms with Crippen LogP contribution in [0.5, 0.6) is 0 Å². The molecule has 1 amide bonds. The van der Waals surface area contributed by atoms with E-state index in [1.807, 2.05) is 31.2 Å². The number of hydrogen-bond donors (Lipinski definition) is 0. The lowest BCUT2D eigenvalue weighted by Crippen LogP contribution is -2.30. The van der Waals surface area contributed by atoms with Gasteiger partial charge in [0.05, 0.1) is 10.5 Å². The zero-order chi connectivity index (χ0) is 19.3. The van der Waals surface area contributed by atoms with Gasteiger partial charge in [0.2, 0.25) is 0 Å². The monoisotopic (exact) mass is 356 g/mol. The van der Waals surface area contributed by atoms with Crippen LogP contribution >= 0.6 is 0 Å². The summed E-state index contributed by atoms with van der Waals surface area (Å²) in [5.74, 6) is -1.12. The van der Waals surface area contributed by atoms with Crippen LogP contribution in [0.1, 0.15) is 27.0 Å². The molecule has 2 aromatic carbocycles. The molecule has 0 aromatic heterocycles. The molecule has 0 radical (unpaired) electrons. The van der Waals surface area contributed by atoms with Gasteiger partial charge >= 0.3 is 5.97 Å². The van der Waals surface area contributed by atoms with Gasteiger partial charge in [-0.25, -0.2) is 4.79 Å². The molecule has 7 heteroatoms. The summed E-state index contributed by atoms with van der Waals surface area (Å²) in [6.07, 6.45) is 0. The second-order valence-electron chi connectivity index (χ2n) is 6.02. The van der Waals surface area contributed by atoms with Crippen LogP contribution in [0.2, 0.25) is 0 Å². The minimum absolute atomic E-state index is 0.0770. The molecule has 2 rings (SSSR count). The number of hydrogen-bond acceptors (Lipinski definition) is 5.